The summed E-state index contributed by atoms with van der Waals surface area (Å²) in [5, 5.41) is 14.8. The van der Waals surface area contributed by atoms with Crippen molar-refractivity contribution in [3.05, 3.63) is 70.5 Å². The standard InChI is InChI=1S/C18H19ClFNO/c19-14-8-6-12(7-9-14)17(13-3-1-4-15(20)11-13)18(22)16-5-2-10-21-16/h1,3-4,6-9,11,16-18,21-22H,2,5,10H2/t16-,17?,18?/m1/s1. The summed E-state index contributed by atoms with van der Waals surface area (Å²) in [6, 6.07) is 13.9. The first-order valence-electron chi connectivity index (χ1n) is 7.57. The number of aliphatic hydroxyl groups is 1. The molecule has 22 heavy (non-hydrogen) atoms. The van der Waals surface area contributed by atoms with Gasteiger partial charge in [-0.25, -0.2) is 4.39 Å². The van der Waals surface area contributed by atoms with Crippen LogP contribution in [-0.4, -0.2) is 23.8 Å². The normalized spacial score (nSPS) is 20.8. The van der Waals surface area contributed by atoms with Crippen molar-refractivity contribution in [3.63, 3.8) is 0 Å². The molecule has 1 saturated heterocycles. The van der Waals surface area contributed by atoms with Crippen molar-refractivity contribution in [3.8, 4) is 0 Å². The molecule has 0 saturated carbocycles. The minimum absolute atomic E-state index is 0.0314. The third kappa shape index (κ3) is 3.32. The topological polar surface area (TPSA) is 32.3 Å². The summed E-state index contributed by atoms with van der Waals surface area (Å²) in [6.45, 7) is 0.915. The van der Waals surface area contributed by atoms with Crippen LogP contribution in [0.4, 0.5) is 4.39 Å². The van der Waals surface area contributed by atoms with Gasteiger partial charge in [0.1, 0.15) is 5.82 Å². The van der Waals surface area contributed by atoms with E-state index in [1.165, 1.54) is 12.1 Å². The molecule has 3 rings (SSSR count). The molecule has 4 heteroatoms. The van der Waals surface area contributed by atoms with E-state index in [9.17, 15) is 9.50 Å². The van der Waals surface area contributed by atoms with Gasteiger partial charge in [0.25, 0.3) is 0 Å². The number of halogens is 2. The summed E-state index contributed by atoms with van der Waals surface area (Å²) in [5.74, 6) is -0.563. The van der Waals surface area contributed by atoms with Crippen molar-refractivity contribution in [2.75, 3.05) is 6.54 Å². The fourth-order valence-electron chi connectivity index (χ4n) is 3.19. The van der Waals surface area contributed by atoms with Gasteiger partial charge in [0.15, 0.2) is 0 Å². The van der Waals surface area contributed by atoms with Gasteiger partial charge in [-0.3, -0.25) is 0 Å². The van der Waals surface area contributed by atoms with Gasteiger partial charge in [-0.05, 0) is 54.8 Å². The smallest absolute Gasteiger partial charge is 0.123 e. The summed E-state index contributed by atoms with van der Waals surface area (Å²) in [6.07, 6.45) is 1.38. The second-order valence-electron chi connectivity index (χ2n) is 5.78. The van der Waals surface area contributed by atoms with Crippen molar-refractivity contribution in [1.82, 2.24) is 5.32 Å². The lowest BCUT2D eigenvalue weighted by molar-refractivity contribution is 0.119. The summed E-state index contributed by atoms with van der Waals surface area (Å²) >= 11 is 5.96. The first kappa shape index (κ1) is 15.5. The summed E-state index contributed by atoms with van der Waals surface area (Å²) in [7, 11) is 0. The summed E-state index contributed by atoms with van der Waals surface area (Å²) in [4.78, 5) is 0. The van der Waals surface area contributed by atoms with E-state index in [4.69, 9.17) is 11.6 Å². The molecule has 0 amide bonds. The largest absolute Gasteiger partial charge is 0.391 e. The summed E-state index contributed by atoms with van der Waals surface area (Å²) < 4.78 is 13.6. The van der Waals surface area contributed by atoms with Crippen LogP contribution >= 0.6 is 11.6 Å². The van der Waals surface area contributed by atoms with Gasteiger partial charge in [-0.2, -0.15) is 0 Å². The van der Waals surface area contributed by atoms with Crippen LogP contribution in [0.5, 0.6) is 0 Å². The highest BCUT2D eigenvalue weighted by Crippen LogP contribution is 2.32. The zero-order valence-electron chi connectivity index (χ0n) is 12.2. The molecule has 1 aliphatic rings. The van der Waals surface area contributed by atoms with Crippen LogP contribution in [0.3, 0.4) is 0 Å². The first-order chi connectivity index (χ1) is 10.6. The molecule has 0 bridgehead atoms. The Labute approximate surface area is 134 Å². The van der Waals surface area contributed by atoms with Gasteiger partial charge in [-0.1, -0.05) is 35.9 Å². The monoisotopic (exact) mass is 319 g/mol. The Morgan fingerprint density at radius 2 is 1.91 bits per heavy atom. The van der Waals surface area contributed by atoms with Gasteiger partial charge < -0.3 is 10.4 Å². The number of nitrogens with one attached hydrogen (secondary N) is 1. The lowest BCUT2D eigenvalue weighted by Gasteiger charge is -2.28. The zero-order chi connectivity index (χ0) is 15.5. The molecule has 1 fully saturated rings. The minimum Gasteiger partial charge on any atom is -0.391 e. The van der Waals surface area contributed by atoms with Crippen LogP contribution < -0.4 is 5.32 Å². The van der Waals surface area contributed by atoms with Gasteiger partial charge in [-0.15, -0.1) is 0 Å². The van der Waals surface area contributed by atoms with E-state index in [2.05, 4.69) is 5.32 Å². The van der Waals surface area contributed by atoms with Gasteiger partial charge in [0.05, 0.1) is 6.10 Å². The Kier molecular flexibility index (Phi) is 4.77. The second kappa shape index (κ2) is 6.78. The highest BCUT2D eigenvalue weighted by Gasteiger charge is 2.32. The van der Waals surface area contributed by atoms with E-state index in [-0.39, 0.29) is 17.8 Å². The Balaban J connectivity index is 1.99. The SMILES string of the molecule is OC(C(c1ccc(Cl)cc1)c1cccc(F)c1)[C@H]1CCCN1. The van der Waals surface area contributed by atoms with Crippen LogP contribution in [0.25, 0.3) is 0 Å². The maximum atomic E-state index is 13.6. The molecule has 3 atom stereocenters. The van der Waals surface area contributed by atoms with Gasteiger partial charge in [0.2, 0.25) is 0 Å². The minimum atomic E-state index is -0.606. The fraction of sp³-hybridized carbons (Fsp3) is 0.333. The quantitative estimate of drug-likeness (QED) is 0.900. The lowest BCUT2D eigenvalue weighted by atomic mass is 9.83. The summed E-state index contributed by atoms with van der Waals surface area (Å²) in [5.41, 5.74) is 1.72. The molecule has 0 aromatic heterocycles. The van der Waals surface area contributed by atoms with Crippen molar-refractivity contribution in [1.29, 1.82) is 0 Å². The van der Waals surface area contributed by atoms with E-state index < -0.39 is 6.10 Å². The predicted molar refractivity (Wildman–Crippen MR) is 86.7 cm³/mol. The van der Waals surface area contributed by atoms with Crippen LogP contribution in [0, 0.1) is 5.82 Å². The highest BCUT2D eigenvalue weighted by atomic mass is 35.5. The molecule has 2 unspecified atom stereocenters. The molecular weight excluding hydrogens is 301 g/mol. The number of hydrogen-bond donors (Lipinski definition) is 2. The van der Waals surface area contributed by atoms with Crippen molar-refractivity contribution < 1.29 is 9.50 Å². The van der Waals surface area contributed by atoms with Gasteiger partial charge >= 0.3 is 0 Å². The molecule has 2 nitrogen and oxygen atoms in total. The number of benzene rings is 2. The molecular formula is C18H19ClFNO. The average molecular weight is 320 g/mol. The molecule has 116 valence electrons. The van der Waals surface area contributed by atoms with Crippen LogP contribution in [0.1, 0.15) is 29.9 Å². The van der Waals surface area contributed by atoms with Crippen molar-refractivity contribution in [2.45, 2.75) is 30.9 Å². The number of aliphatic hydroxyl groups excluding tert-OH is 1. The molecule has 1 aliphatic heterocycles. The van der Waals surface area contributed by atoms with Gasteiger partial charge in [0, 0.05) is 17.0 Å². The van der Waals surface area contributed by atoms with Crippen molar-refractivity contribution >= 4 is 11.6 Å². The van der Waals surface area contributed by atoms with Crippen molar-refractivity contribution in [2.24, 2.45) is 0 Å². The Morgan fingerprint density at radius 1 is 1.14 bits per heavy atom. The number of rotatable bonds is 4. The van der Waals surface area contributed by atoms with E-state index in [0.29, 0.717) is 5.02 Å². The van der Waals surface area contributed by atoms with E-state index >= 15 is 0 Å². The third-order valence-electron chi connectivity index (χ3n) is 4.29. The molecule has 2 aromatic rings. The van der Waals surface area contributed by atoms with E-state index in [0.717, 1.165) is 30.5 Å². The highest BCUT2D eigenvalue weighted by molar-refractivity contribution is 6.30. The second-order valence-corrected chi connectivity index (χ2v) is 6.21. The zero-order valence-corrected chi connectivity index (χ0v) is 12.9. The Hall–Kier alpha value is -1.42. The molecule has 2 aromatic carbocycles. The van der Waals surface area contributed by atoms with E-state index in [1.807, 2.05) is 18.2 Å². The molecule has 0 aliphatic carbocycles. The van der Waals surface area contributed by atoms with Crippen LogP contribution in [0.15, 0.2) is 48.5 Å². The molecule has 2 N–H and O–H groups in total. The van der Waals surface area contributed by atoms with Crippen LogP contribution in [0.2, 0.25) is 5.02 Å². The Bertz CT molecular complexity index is 625. The van der Waals surface area contributed by atoms with E-state index in [1.54, 1.807) is 18.2 Å². The lowest BCUT2D eigenvalue weighted by Crippen LogP contribution is -2.39. The molecule has 0 radical (unpaired) electrons. The molecule has 0 spiro atoms. The average Bonchev–Trinajstić information content (AvgIpc) is 3.04. The van der Waals surface area contributed by atoms with Crippen LogP contribution in [-0.2, 0) is 0 Å². The molecule has 1 heterocycles. The first-order valence-corrected chi connectivity index (χ1v) is 7.95. The third-order valence-corrected chi connectivity index (χ3v) is 4.54. The Morgan fingerprint density at radius 3 is 2.55 bits per heavy atom. The maximum absolute atomic E-state index is 13.6. The maximum Gasteiger partial charge on any atom is 0.123 e. The predicted octanol–water partition coefficient (Wildman–Crippen LogP) is 3.72. The number of hydrogen-bond acceptors (Lipinski definition) is 2. The fourth-order valence-corrected chi connectivity index (χ4v) is 3.32.